The van der Waals surface area contributed by atoms with Crippen molar-refractivity contribution in [3.63, 3.8) is 0 Å². The van der Waals surface area contributed by atoms with Gasteiger partial charge in [0.15, 0.2) is 12.1 Å². The summed E-state index contributed by atoms with van der Waals surface area (Å²) in [6.07, 6.45) is 2.81. The molecule has 6 rings (SSSR count). The SMILES string of the molecule is COc1ccc(CNc2nnc(C)c3cc(-c4cc(B5OC(C)(C)C(C)(C)O5)c(COC5CCCCO5)cc4OC)ccc23)c(OC)c1. The fourth-order valence-corrected chi connectivity index (χ4v) is 6.13. The minimum absolute atomic E-state index is 0.228. The van der Waals surface area contributed by atoms with E-state index in [-0.39, 0.29) is 6.29 Å². The molecule has 10 nitrogen and oxygen atoms in total. The molecule has 1 N–H and O–H groups in total. The molecule has 0 radical (unpaired) electrons. The lowest BCUT2D eigenvalue weighted by molar-refractivity contribution is -0.168. The van der Waals surface area contributed by atoms with Gasteiger partial charge in [-0.1, -0.05) is 12.1 Å². The summed E-state index contributed by atoms with van der Waals surface area (Å²) in [5.41, 5.74) is 4.52. The first-order chi connectivity index (χ1) is 23.0. The molecular weight excluding hydrogens is 609 g/mol. The van der Waals surface area contributed by atoms with E-state index >= 15 is 0 Å². The highest BCUT2D eigenvalue weighted by Gasteiger charge is 2.52. The fourth-order valence-electron chi connectivity index (χ4n) is 6.13. The zero-order valence-electron chi connectivity index (χ0n) is 29.3. The van der Waals surface area contributed by atoms with Gasteiger partial charge in [-0.3, -0.25) is 0 Å². The predicted molar refractivity (Wildman–Crippen MR) is 187 cm³/mol. The molecule has 3 heterocycles. The number of hydrogen-bond acceptors (Lipinski definition) is 10. The van der Waals surface area contributed by atoms with Crippen LogP contribution in [0.4, 0.5) is 5.82 Å². The maximum Gasteiger partial charge on any atom is 0.495 e. The van der Waals surface area contributed by atoms with Crippen LogP contribution in [-0.2, 0) is 31.9 Å². The van der Waals surface area contributed by atoms with Crippen LogP contribution in [0.2, 0.25) is 0 Å². The summed E-state index contributed by atoms with van der Waals surface area (Å²) in [6.45, 7) is 11.8. The molecule has 254 valence electrons. The van der Waals surface area contributed by atoms with E-state index in [2.05, 4.69) is 67.5 Å². The van der Waals surface area contributed by atoms with Crippen LogP contribution in [0.1, 0.15) is 63.8 Å². The van der Waals surface area contributed by atoms with E-state index in [0.717, 1.165) is 87.3 Å². The Morgan fingerprint density at radius 2 is 1.60 bits per heavy atom. The molecule has 0 saturated carbocycles. The van der Waals surface area contributed by atoms with Crippen LogP contribution in [0.5, 0.6) is 17.2 Å². The van der Waals surface area contributed by atoms with Gasteiger partial charge in [0.25, 0.3) is 0 Å². The van der Waals surface area contributed by atoms with Crippen LogP contribution < -0.4 is 25.0 Å². The van der Waals surface area contributed by atoms with E-state index in [9.17, 15) is 0 Å². The summed E-state index contributed by atoms with van der Waals surface area (Å²) in [7, 11) is 4.40. The van der Waals surface area contributed by atoms with Crippen molar-refractivity contribution >= 4 is 29.2 Å². The van der Waals surface area contributed by atoms with Gasteiger partial charge in [0.1, 0.15) is 17.2 Å². The average molecular weight is 656 g/mol. The van der Waals surface area contributed by atoms with Gasteiger partial charge in [0.2, 0.25) is 0 Å². The van der Waals surface area contributed by atoms with Crippen molar-refractivity contribution in [3.05, 3.63) is 65.4 Å². The van der Waals surface area contributed by atoms with Crippen LogP contribution in [0.15, 0.2) is 48.5 Å². The molecule has 0 spiro atoms. The standard InChI is InChI=1S/C37H46BN3O7/c1-23-29-17-24(13-15-28(29)35(41-40-23)39-21-25-12-14-27(42-6)19-32(25)43-7)30-20-31(38-47-36(2,3)37(4,5)48-38)26(18-33(30)44-8)22-46-34-11-9-10-16-45-34/h12-15,17-20,34H,9-11,16,21-22H2,1-8H3,(H,39,41). The van der Waals surface area contributed by atoms with Crippen LogP contribution >= 0.6 is 0 Å². The topological polar surface area (TPSA) is 102 Å². The molecule has 0 aliphatic carbocycles. The molecule has 1 unspecified atom stereocenters. The number of rotatable bonds is 11. The van der Waals surface area contributed by atoms with Crippen LogP contribution in [-0.4, -0.2) is 62.7 Å². The second-order valence-electron chi connectivity index (χ2n) is 13.4. The number of methoxy groups -OCH3 is 3. The highest BCUT2D eigenvalue weighted by atomic mass is 16.7. The Labute approximate surface area is 283 Å². The molecule has 4 aromatic rings. The highest BCUT2D eigenvalue weighted by Crippen LogP contribution is 2.39. The maximum atomic E-state index is 6.55. The molecule has 2 fully saturated rings. The normalized spacial score (nSPS) is 18.6. The lowest BCUT2D eigenvalue weighted by Gasteiger charge is -2.32. The number of hydrogen-bond donors (Lipinski definition) is 1. The molecule has 2 aliphatic heterocycles. The highest BCUT2D eigenvalue weighted by molar-refractivity contribution is 6.62. The third kappa shape index (κ3) is 6.82. The number of anilines is 1. The molecule has 1 atom stereocenters. The average Bonchev–Trinajstić information content (AvgIpc) is 3.32. The van der Waals surface area contributed by atoms with Gasteiger partial charge in [0, 0.05) is 41.1 Å². The lowest BCUT2D eigenvalue weighted by atomic mass is 9.74. The molecular formula is C37H46BN3O7. The number of ether oxygens (including phenoxy) is 5. The molecule has 48 heavy (non-hydrogen) atoms. The Bertz CT molecular complexity index is 1760. The second-order valence-corrected chi connectivity index (χ2v) is 13.4. The summed E-state index contributed by atoms with van der Waals surface area (Å²) in [5.74, 6) is 2.88. The summed E-state index contributed by atoms with van der Waals surface area (Å²) in [4.78, 5) is 0. The number of aromatic nitrogens is 2. The Hall–Kier alpha value is -3.90. The molecule has 0 amide bonds. The van der Waals surface area contributed by atoms with Crippen LogP contribution in [0.3, 0.4) is 0 Å². The molecule has 2 aliphatic rings. The first-order valence-electron chi connectivity index (χ1n) is 16.6. The van der Waals surface area contributed by atoms with Gasteiger partial charge in [-0.15, -0.1) is 5.10 Å². The zero-order chi connectivity index (χ0) is 34.1. The quantitative estimate of drug-likeness (QED) is 0.178. The first kappa shape index (κ1) is 34.0. The first-order valence-corrected chi connectivity index (χ1v) is 16.6. The largest absolute Gasteiger partial charge is 0.497 e. The van der Waals surface area contributed by atoms with Gasteiger partial charge in [-0.25, -0.2) is 0 Å². The van der Waals surface area contributed by atoms with Crippen molar-refractivity contribution in [1.82, 2.24) is 10.2 Å². The molecule has 11 heteroatoms. The molecule has 0 bridgehead atoms. The summed E-state index contributed by atoms with van der Waals surface area (Å²) < 4.78 is 42.2. The smallest absolute Gasteiger partial charge is 0.495 e. The summed E-state index contributed by atoms with van der Waals surface area (Å²) in [5, 5.41) is 14.4. The number of fused-ring (bicyclic) bond motifs is 1. The number of nitrogens with zero attached hydrogens (tertiary/aromatic N) is 2. The number of benzene rings is 3. The third-order valence-electron chi connectivity index (χ3n) is 9.75. The van der Waals surface area contributed by atoms with Crippen molar-refractivity contribution in [3.8, 4) is 28.4 Å². The summed E-state index contributed by atoms with van der Waals surface area (Å²) >= 11 is 0. The molecule has 3 aromatic carbocycles. The fraction of sp³-hybridized carbons (Fsp3) is 0.459. The third-order valence-corrected chi connectivity index (χ3v) is 9.75. The van der Waals surface area contributed by atoms with Crippen LogP contribution in [0.25, 0.3) is 21.9 Å². The van der Waals surface area contributed by atoms with Gasteiger partial charge >= 0.3 is 7.12 Å². The Balaban J connectivity index is 1.36. The molecule has 1 aromatic heterocycles. The van der Waals surface area contributed by atoms with E-state index in [1.807, 2.05) is 31.2 Å². The van der Waals surface area contributed by atoms with Crippen molar-refractivity contribution in [2.24, 2.45) is 0 Å². The van der Waals surface area contributed by atoms with Crippen LogP contribution in [0, 0.1) is 6.92 Å². The van der Waals surface area contributed by atoms with E-state index < -0.39 is 18.3 Å². The van der Waals surface area contributed by atoms with Gasteiger partial charge in [-0.2, -0.15) is 5.10 Å². The lowest BCUT2D eigenvalue weighted by Crippen LogP contribution is -2.41. The van der Waals surface area contributed by atoms with E-state index in [4.69, 9.17) is 33.0 Å². The zero-order valence-corrected chi connectivity index (χ0v) is 29.3. The maximum absolute atomic E-state index is 6.55. The van der Waals surface area contributed by atoms with E-state index in [1.165, 1.54) is 0 Å². The Morgan fingerprint density at radius 3 is 2.29 bits per heavy atom. The second kappa shape index (κ2) is 13.9. The van der Waals surface area contributed by atoms with Gasteiger partial charge in [0.05, 0.1) is 44.8 Å². The van der Waals surface area contributed by atoms with Crippen molar-refractivity contribution in [2.45, 2.75) is 84.5 Å². The minimum atomic E-state index is -0.579. The van der Waals surface area contributed by atoms with Gasteiger partial charge in [-0.05, 0) is 101 Å². The van der Waals surface area contributed by atoms with Crippen molar-refractivity contribution < 1.29 is 33.0 Å². The van der Waals surface area contributed by atoms with Crippen molar-refractivity contribution in [1.29, 1.82) is 0 Å². The minimum Gasteiger partial charge on any atom is -0.497 e. The predicted octanol–water partition coefficient (Wildman–Crippen LogP) is 6.59. The van der Waals surface area contributed by atoms with Crippen molar-refractivity contribution in [2.75, 3.05) is 33.3 Å². The monoisotopic (exact) mass is 655 g/mol. The van der Waals surface area contributed by atoms with E-state index in [1.54, 1.807) is 21.3 Å². The Morgan fingerprint density at radius 1 is 0.833 bits per heavy atom. The number of nitrogens with one attached hydrogen (secondary N) is 1. The molecule has 2 saturated heterocycles. The van der Waals surface area contributed by atoms with Gasteiger partial charge < -0.3 is 38.3 Å². The Kier molecular flexibility index (Phi) is 9.85. The van der Waals surface area contributed by atoms with E-state index in [0.29, 0.717) is 19.0 Å². The number of aryl methyl sites for hydroxylation is 1. The summed E-state index contributed by atoms with van der Waals surface area (Å²) in [6, 6.07) is 16.2.